The topological polar surface area (TPSA) is 39.2 Å². The molecule has 1 unspecified atom stereocenters. The first kappa shape index (κ1) is 12.9. The van der Waals surface area contributed by atoms with E-state index in [-0.39, 0.29) is 0 Å². The average Bonchev–Trinajstić information content (AvgIpc) is 2.80. The smallest absolute Gasteiger partial charge is 0.104 e. The van der Waals surface area contributed by atoms with Gasteiger partial charge < -0.3 is 10.2 Å². The Morgan fingerprint density at radius 2 is 1.75 bits per heavy atom. The van der Waals surface area contributed by atoms with Crippen LogP contribution in [-0.2, 0) is 6.42 Å². The molecule has 0 aromatic carbocycles. The second-order valence-corrected chi connectivity index (χ2v) is 7.93. The maximum atomic E-state index is 6.21. The van der Waals surface area contributed by atoms with Gasteiger partial charge in [0.15, 0.2) is 0 Å². The second kappa shape index (κ2) is 4.62. The lowest BCUT2D eigenvalue weighted by molar-refractivity contribution is -0.0858. The predicted molar refractivity (Wildman–Crippen MR) is 80.3 cm³/mol. The van der Waals surface area contributed by atoms with Crippen molar-refractivity contribution in [3.8, 4) is 0 Å². The van der Waals surface area contributed by atoms with Gasteiger partial charge in [0.25, 0.3) is 0 Å². The molecule has 4 fully saturated rings. The Balaban J connectivity index is 1.57. The standard InChI is InChI=1S/C18H27NO/c1-12-2-3-17(20-12)7-16(11-19)18-8-13-4-14(9-18)6-15(5-13)10-18/h2-3,13-16H,4-11,19H2,1H3. The number of aryl methyl sites for hydroxylation is 1. The Bertz CT molecular complexity index is 454. The molecule has 5 rings (SSSR count). The highest BCUT2D eigenvalue weighted by Crippen LogP contribution is 2.62. The minimum atomic E-state index is 0.546. The van der Waals surface area contributed by atoms with E-state index in [0.717, 1.165) is 42.2 Å². The van der Waals surface area contributed by atoms with E-state index in [0.29, 0.717) is 11.3 Å². The molecule has 4 bridgehead atoms. The van der Waals surface area contributed by atoms with Crippen molar-refractivity contribution in [3.63, 3.8) is 0 Å². The first-order valence-corrected chi connectivity index (χ1v) is 8.42. The Morgan fingerprint density at radius 3 is 2.20 bits per heavy atom. The molecule has 4 aliphatic carbocycles. The van der Waals surface area contributed by atoms with Crippen LogP contribution in [0.1, 0.15) is 50.0 Å². The highest BCUT2D eigenvalue weighted by molar-refractivity contribution is 5.10. The van der Waals surface area contributed by atoms with E-state index < -0.39 is 0 Å². The Morgan fingerprint density at radius 1 is 1.15 bits per heavy atom. The minimum absolute atomic E-state index is 0.546. The molecule has 1 aromatic heterocycles. The molecule has 1 heterocycles. The van der Waals surface area contributed by atoms with Gasteiger partial charge in [0.1, 0.15) is 11.5 Å². The molecule has 1 aromatic rings. The van der Waals surface area contributed by atoms with Gasteiger partial charge in [0.05, 0.1) is 0 Å². The van der Waals surface area contributed by atoms with Crippen molar-refractivity contribution in [1.29, 1.82) is 0 Å². The van der Waals surface area contributed by atoms with Crippen molar-refractivity contribution >= 4 is 0 Å². The van der Waals surface area contributed by atoms with Gasteiger partial charge in [0, 0.05) is 6.42 Å². The van der Waals surface area contributed by atoms with Gasteiger partial charge in [-0.05, 0) is 93.2 Å². The summed E-state index contributed by atoms with van der Waals surface area (Å²) in [5.41, 5.74) is 6.75. The molecule has 2 heteroatoms. The van der Waals surface area contributed by atoms with E-state index in [4.69, 9.17) is 10.2 Å². The largest absolute Gasteiger partial charge is 0.466 e. The normalized spacial score (nSPS) is 40.2. The lowest BCUT2D eigenvalue weighted by Crippen LogP contribution is -2.51. The monoisotopic (exact) mass is 273 g/mol. The Hall–Kier alpha value is -0.760. The van der Waals surface area contributed by atoms with E-state index in [1.165, 1.54) is 38.5 Å². The zero-order valence-corrected chi connectivity index (χ0v) is 12.6. The lowest BCUT2D eigenvalue weighted by Gasteiger charge is -2.59. The van der Waals surface area contributed by atoms with Crippen molar-refractivity contribution < 1.29 is 4.42 Å². The van der Waals surface area contributed by atoms with Crippen molar-refractivity contribution in [2.24, 2.45) is 34.8 Å². The molecular formula is C18H27NO. The summed E-state index contributed by atoms with van der Waals surface area (Å²) < 4.78 is 5.82. The van der Waals surface area contributed by atoms with Gasteiger partial charge in [-0.3, -0.25) is 0 Å². The minimum Gasteiger partial charge on any atom is -0.466 e. The van der Waals surface area contributed by atoms with Crippen molar-refractivity contribution in [3.05, 3.63) is 23.7 Å². The zero-order chi connectivity index (χ0) is 13.7. The third-order valence-corrected chi connectivity index (χ3v) is 6.48. The lowest BCUT2D eigenvalue weighted by atomic mass is 9.46. The van der Waals surface area contributed by atoms with Crippen molar-refractivity contribution in [1.82, 2.24) is 0 Å². The number of nitrogens with two attached hydrogens (primary N) is 1. The average molecular weight is 273 g/mol. The van der Waals surface area contributed by atoms with Crippen LogP contribution in [0.15, 0.2) is 16.5 Å². The molecule has 2 nitrogen and oxygen atoms in total. The summed E-state index contributed by atoms with van der Waals surface area (Å²) in [4.78, 5) is 0. The van der Waals surface area contributed by atoms with Crippen LogP contribution in [0.4, 0.5) is 0 Å². The molecule has 0 saturated heterocycles. The third-order valence-electron chi connectivity index (χ3n) is 6.48. The van der Waals surface area contributed by atoms with Gasteiger partial charge in [0.2, 0.25) is 0 Å². The fraction of sp³-hybridized carbons (Fsp3) is 0.778. The molecule has 0 aliphatic heterocycles. The van der Waals surface area contributed by atoms with Crippen LogP contribution in [0.3, 0.4) is 0 Å². The summed E-state index contributed by atoms with van der Waals surface area (Å²) in [5.74, 6) is 5.83. The summed E-state index contributed by atoms with van der Waals surface area (Å²) in [6.07, 6.45) is 9.92. The van der Waals surface area contributed by atoms with Crippen molar-refractivity contribution in [2.45, 2.75) is 51.9 Å². The molecule has 2 N–H and O–H groups in total. The van der Waals surface area contributed by atoms with Crippen LogP contribution in [-0.4, -0.2) is 6.54 Å². The first-order valence-electron chi connectivity index (χ1n) is 8.42. The summed E-state index contributed by atoms with van der Waals surface area (Å²) >= 11 is 0. The summed E-state index contributed by atoms with van der Waals surface area (Å²) in [5, 5.41) is 0. The fourth-order valence-electron chi connectivity index (χ4n) is 6.07. The Kier molecular flexibility index (Phi) is 2.99. The summed E-state index contributed by atoms with van der Waals surface area (Å²) in [6, 6.07) is 4.24. The van der Waals surface area contributed by atoms with Gasteiger partial charge in [-0.25, -0.2) is 0 Å². The maximum absolute atomic E-state index is 6.21. The SMILES string of the molecule is Cc1ccc(CC(CN)C23CC4CC(CC(C4)C2)C3)o1. The molecular weight excluding hydrogens is 246 g/mol. The van der Waals surface area contributed by atoms with Gasteiger partial charge in [-0.1, -0.05) is 0 Å². The van der Waals surface area contributed by atoms with E-state index in [1.54, 1.807) is 0 Å². The van der Waals surface area contributed by atoms with Crippen LogP contribution < -0.4 is 5.73 Å². The van der Waals surface area contributed by atoms with E-state index >= 15 is 0 Å². The maximum Gasteiger partial charge on any atom is 0.104 e. The van der Waals surface area contributed by atoms with Crippen LogP contribution in [0.5, 0.6) is 0 Å². The first-order chi connectivity index (χ1) is 9.67. The second-order valence-electron chi connectivity index (χ2n) is 7.93. The quantitative estimate of drug-likeness (QED) is 0.903. The summed E-state index contributed by atoms with van der Waals surface area (Å²) in [7, 11) is 0. The highest BCUT2D eigenvalue weighted by atomic mass is 16.3. The molecule has 0 spiro atoms. The highest BCUT2D eigenvalue weighted by Gasteiger charge is 2.53. The number of rotatable bonds is 4. The third kappa shape index (κ3) is 2.04. The van der Waals surface area contributed by atoms with E-state index in [9.17, 15) is 0 Å². The number of hydrogen-bond acceptors (Lipinski definition) is 2. The Labute approximate surface area is 122 Å². The predicted octanol–water partition coefficient (Wildman–Crippen LogP) is 3.92. The number of hydrogen-bond donors (Lipinski definition) is 1. The van der Waals surface area contributed by atoms with Gasteiger partial charge >= 0.3 is 0 Å². The fourth-order valence-corrected chi connectivity index (χ4v) is 6.07. The molecule has 20 heavy (non-hydrogen) atoms. The van der Waals surface area contributed by atoms with Crippen LogP contribution >= 0.6 is 0 Å². The zero-order valence-electron chi connectivity index (χ0n) is 12.6. The van der Waals surface area contributed by atoms with Crippen LogP contribution in [0, 0.1) is 36.0 Å². The molecule has 110 valence electrons. The molecule has 4 saturated carbocycles. The summed E-state index contributed by atoms with van der Waals surface area (Å²) in [6.45, 7) is 2.86. The van der Waals surface area contributed by atoms with Crippen LogP contribution in [0.2, 0.25) is 0 Å². The van der Waals surface area contributed by atoms with Crippen molar-refractivity contribution in [2.75, 3.05) is 6.54 Å². The van der Waals surface area contributed by atoms with Gasteiger partial charge in [-0.2, -0.15) is 0 Å². The molecule has 0 amide bonds. The van der Waals surface area contributed by atoms with Crippen LogP contribution in [0.25, 0.3) is 0 Å². The molecule has 0 radical (unpaired) electrons. The number of furan rings is 1. The molecule has 1 atom stereocenters. The molecule has 4 aliphatic rings. The van der Waals surface area contributed by atoms with E-state index in [2.05, 4.69) is 12.1 Å². The van der Waals surface area contributed by atoms with E-state index in [1.807, 2.05) is 6.92 Å². The van der Waals surface area contributed by atoms with Gasteiger partial charge in [-0.15, -0.1) is 0 Å².